The van der Waals surface area contributed by atoms with Gasteiger partial charge >= 0.3 is 0 Å². The number of hydrogen-bond acceptors (Lipinski definition) is 5. The summed E-state index contributed by atoms with van der Waals surface area (Å²) >= 11 is 0. The van der Waals surface area contributed by atoms with Crippen molar-refractivity contribution in [3.05, 3.63) is 90.0 Å². The van der Waals surface area contributed by atoms with Crippen LogP contribution in [0.4, 0.5) is 5.69 Å². The van der Waals surface area contributed by atoms with Crippen molar-refractivity contribution in [3.8, 4) is 5.75 Å². The molecular weight excluding hydrogens is 514 g/mol. The molecule has 0 saturated heterocycles. The predicted molar refractivity (Wildman–Crippen MR) is 153 cm³/mol. The smallest absolute Gasteiger partial charge is 0.264 e. The highest BCUT2D eigenvalue weighted by atomic mass is 32.2. The molecule has 0 heterocycles. The van der Waals surface area contributed by atoms with E-state index in [9.17, 15) is 18.0 Å². The van der Waals surface area contributed by atoms with Crippen LogP contribution in [-0.4, -0.2) is 50.9 Å². The van der Waals surface area contributed by atoms with Gasteiger partial charge in [0.25, 0.3) is 10.0 Å². The summed E-state index contributed by atoms with van der Waals surface area (Å²) in [6, 6.07) is 21.5. The summed E-state index contributed by atoms with van der Waals surface area (Å²) in [5.74, 6) is -0.516. The predicted octanol–water partition coefficient (Wildman–Crippen LogP) is 4.53. The topological polar surface area (TPSA) is 96.0 Å². The molecule has 0 saturated carbocycles. The van der Waals surface area contributed by atoms with Gasteiger partial charge in [0.1, 0.15) is 18.3 Å². The van der Waals surface area contributed by atoms with Gasteiger partial charge in [-0.1, -0.05) is 61.5 Å². The number of carbonyl (C=O) groups excluding carboxylic acids is 2. The summed E-state index contributed by atoms with van der Waals surface area (Å²) < 4.78 is 34.4. The lowest BCUT2D eigenvalue weighted by molar-refractivity contribution is -0.139. The molecule has 0 fully saturated rings. The fraction of sp³-hybridized carbons (Fsp3) is 0.333. The monoisotopic (exact) mass is 551 g/mol. The van der Waals surface area contributed by atoms with E-state index in [-0.39, 0.29) is 29.1 Å². The van der Waals surface area contributed by atoms with E-state index in [1.165, 1.54) is 24.1 Å². The van der Waals surface area contributed by atoms with Crippen molar-refractivity contribution in [2.45, 2.75) is 57.6 Å². The van der Waals surface area contributed by atoms with Crippen LogP contribution in [0, 0.1) is 6.92 Å². The maximum atomic E-state index is 14.0. The zero-order chi connectivity index (χ0) is 28.6. The average Bonchev–Trinajstić information content (AvgIpc) is 2.94. The lowest BCUT2D eigenvalue weighted by Gasteiger charge is -2.33. The SMILES string of the molecule is CCC(C)NC(=O)C(C)N(Cc1ccccc1)C(=O)CN(c1cc(C)ccc1OC)S(=O)(=O)c1ccccc1. The number of sulfonamides is 1. The van der Waals surface area contributed by atoms with Crippen molar-refractivity contribution in [3.63, 3.8) is 0 Å². The highest BCUT2D eigenvalue weighted by Gasteiger charge is 2.34. The second-order valence-corrected chi connectivity index (χ2v) is 11.4. The number of nitrogens with one attached hydrogen (secondary N) is 1. The number of carbonyl (C=O) groups is 2. The largest absolute Gasteiger partial charge is 0.495 e. The van der Waals surface area contributed by atoms with Gasteiger partial charge in [-0.2, -0.15) is 0 Å². The molecule has 0 aliphatic rings. The lowest BCUT2D eigenvalue weighted by atomic mass is 10.1. The highest BCUT2D eigenvalue weighted by Crippen LogP contribution is 2.33. The van der Waals surface area contributed by atoms with E-state index < -0.39 is 28.5 Å². The molecule has 0 aromatic heterocycles. The molecule has 3 aromatic carbocycles. The summed E-state index contributed by atoms with van der Waals surface area (Å²) in [6.45, 7) is 6.96. The number of amides is 2. The molecule has 0 radical (unpaired) electrons. The minimum atomic E-state index is -4.17. The number of methoxy groups -OCH3 is 1. The van der Waals surface area contributed by atoms with Gasteiger partial charge in [-0.3, -0.25) is 13.9 Å². The van der Waals surface area contributed by atoms with E-state index in [1.54, 1.807) is 43.3 Å². The van der Waals surface area contributed by atoms with Crippen LogP contribution in [0.25, 0.3) is 0 Å². The minimum Gasteiger partial charge on any atom is -0.495 e. The van der Waals surface area contributed by atoms with Gasteiger partial charge in [0.2, 0.25) is 11.8 Å². The van der Waals surface area contributed by atoms with Crippen molar-refractivity contribution >= 4 is 27.5 Å². The van der Waals surface area contributed by atoms with E-state index in [1.807, 2.05) is 51.1 Å². The highest BCUT2D eigenvalue weighted by molar-refractivity contribution is 7.92. The van der Waals surface area contributed by atoms with Crippen molar-refractivity contribution in [1.82, 2.24) is 10.2 Å². The van der Waals surface area contributed by atoms with Crippen LogP contribution in [-0.2, 0) is 26.2 Å². The van der Waals surface area contributed by atoms with E-state index in [0.717, 1.165) is 21.9 Å². The van der Waals surface area contributed by atoms with Gasteiger partial charge in [-0.15, -0.1) is 0 Å². The standard InChI is InChI=1S/C30H37N3O5S/c1-6-23(3)31-30(35)24(4)32(20-25-13-9-7-10-14-25)29(34)21-33(27-19-22(2)17-18-28(27)38-5)39(36,37)26-15-11-8-12-16-26/h7-19,23-24H,6,20-21H2,1-5H3,(H,31,35). The molecule has 2 amide bonds. The maximum absolute atomic E-state index is 14.0. The lowest BCUT2D eigenvalue weighted by Crippen LogP contribution is -2.52. The van der Waals surface area contributed by atoms with Gasteiger partial charge in [-0.05, 0) is 62.6 Å². The Bertz CT molecular complexity index is 1360. The van der Waals surface area contributed by atoms with Gasteiger partial charge in [-0.25, -0.2) is 8.42 Å². The van der Waals surface area contributed by atoms with Crippen molar-refractivity contribution in [2.75, 3.05) is 18.0 Å². The number of benzene rings is 3. The Kier molecular flexibility index (Phi) is 10.1. The fourth-order valence-electron chi connectivity index (χ4n) is 4.06. The molecule has 0 aliphatic heterocycles. The first kappa shape index (κ1) is 29.7. The molecule has 0 aliphatic carbocycles. The van der Waals surface area contributed by atoms with E-state index in [2.05, 4.69) is 5.32 Å². The van der Waals surface area contributed by atoms with Gasteiger partial charge in [0, 0.05) is 12.6 Å². The Hall–Kier alpha value is -3.85. The van der Waals surface area contributed by atoms with Crippen molar-refractivity contribution in [2.24, 2.45) is 0 Å². The first-order chi connectivity index (χ1) is 18.6. The van der Waals surface area contributed by atoms with Crippen LogP contribution in [0.1, 0.15) is 38.3 Å². The molecule has 2 unspecified atom stereocenters. The first-order valence-corrected chi connectivity index (χ1v) is 14.4. The summed E-state index contributed by atoms with van der Waals surface area (Å²) in [5, 5.41) is 2.93. The maximum Gasteiger partial charge on any atom is 0.264 e. The molecular formula is C30H37N3O5S. The molecule has 1 N–H and O–H groups in total. The quantitative estimate of drug-likeness (QED) is 0.357. The second kappa shape index (κ2) is 13.3. The molecule has 0 spiro atoms. The number of hydrogen-bond donors (Lipinski definition) is 1. The summed E-state index contributed by atoms with van der Waals surface area (Å²) in [7, 11) is -2.72. The third-order valence-electron chi connectivity index (χ3n) is 6.58. The van der Waals surface area contributed by atoms with Crippen LogP contribution in [0.15, 0.2) is 83.8 Å². The van der Waals surface area contributed by atoms with Crippen LogP contribution in [0.2, 0.25) is 0 Å². The molecule has 39 heavy (non-hydrogen) atoms. The van der Waals surface area contributed by atoms with Crippen molar-refractivity contribution < 1.29 is 22.7 Å². The average molecular weight is 552 g/mol. The first-order valence-electron chi connectivity index (χ1n) is 12.9. The molecule has 8 nitrogen and oxygen atoms in total. The number of rotatable bonds is 12. The van der Waals surface area contributed by atoms with Gasteiger partial charge in [0.15, 0.2) is 0 Å². The number of aryl methyl sites for hydroxylation is 1. The summed E-state index contributed by atoms with van der Waals surface area (Å²) in [4.78, 5) is 28.6. The Labute approximate surface area is 231 Å². The number of anilines is 1. The Morgan fingerprint density at radius 1 is 0.949 bits per heavy atom. The third kappa shape index (κ3) is 7.38. The van der Waals surface area contributed by atoms with Gasteiger partial charge < -0.3 is 15.0 Å². The van der Waals surface area contributed by atoms with Crippen LogP contribution in [0.3, 0.4) is 0 Å². The Balaban J connectivity index is 2.07. The third-order valence-corrected chi connectivity index (χ3v) is 8.35. The molecule has 208 valence electrons. The number of nitrogens with zero attached hydrogens (tertiary/aromatic N) is 2. The normalized spacial score (nSPS) is 12.7. The molecule has 2 atom stereocenters. The zero-order valence-corrected chi connectivity index (χ0v) is 23.9. The fourth-order valence-corrected chi connectivity index (χ4v) is 5.49. The summed E-state index contributed by atoms with van der Waals surface area (Å²) in [5.41, 5.74) is 1.86. The minimum absolute atomic E-state index is 0.0403. The summed E-state index contributed by atoms with van der Waals surface area (Å²) in [6.07, 6.45) is 0.737. The molecule has 3 rings (SSSR count). The number of ether oxygens (including phenoxy) is 1. The van der Waals surface area contributed by atoms with Crippen molar-refractivity contribution in [1.29, 1.82) is 0 Å². The Morgan fingerprint density at radius 2 is 1.56 bits per heavy atom. The molecule has 9 heteroatoms. The van der Waals surface area contributed by atoms with E-state index >= 15 is 0 Å². The van der Waals surface area contributed by atoms with E-state index in [0.29, 0.717) is 5.75 Å². The second-order valence-electron chi connectivity index (χ2n) is 9.50. The molecule has 3 aromatic rings. The van der Waals surface area contributed by atoms with Crippen LogP contribution >= 0.6 is 0 Å². The van der Waals surface area contributed by atoms with Gasteiger partial charge in [0.05, 0.1) is 17.7 Å². The van der Waals surface area contributed by atoms with Crippen LogP contribution in [0.5, 0.6) is 5.75 Å². The molecule has 0 bridgehead atoms. The Morgan fingerprint density at radius 3 is 2.15 bits per heavy atom. The van der Waals surface area contributed by atoms with E-state index in [4.69, 9.17) is 4.74 Å². The van der Waals surface area contributed by atoms with Crippen LogP contribution < -0.4 is 14.4 Å². The zero-order valence-electron chi connectivity index (χ0n) is 23.1.